The number of hydrogen-bond acceptors (Lipinski definition) is 5. The number of carbonyl (C=O) groups excluding carboxylic acids is 1. The van der Waals surface area contributed by atoms with Crippen LogP contribution in [0.1, 0.15) is 28.7 Å². The molecule has 0 saturated carbocycles. The van der Waals surface area contributed by atoms with Crippen molar-refractivity contribution < 1.29 is 19.0 Å². The number of hydrogen-bond donors (Lipinski definition) is 0. The van der Waals surface area contributed by atoms with Crippen LogP contribution in [0.3, 0.4) is 0 Å². The summed E-state index contributed by atoms with van der Waals surface area (Å²) in [6.45, 7) is 5.09. The van der Waals surface area contributed by atoms with Crippen molar-refractivity contribution in [3.8, 4) is 11.5 Å². The Kier molecular flexibility index (Phi) is 6.66. The summed E-state index contributed by atoms with van der Waals surface area (Å²) in [7, 11) is 0. The summed E-state index contributed by atoms with van der Waals surface area (Å²) in [5.74, 6) is 1.38. The average molecular weight is 428 g/mol. The molecular weight excluding hydrogens is 402 g/mol. The quantitative estimate of drug-likeness (QED) is 0.271. The number of benzene rings is 3. The van der Waals surface area contributed by atoms with Gasteiger partial charge in [-0.25, -0.2) is 9.79 Å². The topological polar surface area (TPSA) is 57.1 Å². The fraction of sp³-hybridized carbons (Fsp3) is 0.185. The number of esters is 1. The molecule has 0 atom stereocenters. The van der Waals surface area contributed by atoms with Crippen molar-refractivity contribution in [3.05, 3.63) is 101 Å². The van der Waals surface area contributed by atoms with E-state index in [0.717, 1.165) is 28.9 Å². The van der Waals surface area contributed by atoms with Gasteiger partial charge >= 0.3 is 5.97 Å². The molecule has 1 aliphatic rings. The highest BCUT2D eigenvalue weighted by Crippen LogP contribution is 2.26. The molecule has 0 N–H and O–H groups in total. The largest absolute Gasteiger partial charge is 0.493 e. The number of aliphatic imine (C=N–C) groups is 1. The van der Waals surface area contributed by atoms with Crippen molar-refractivity contribution in [1.29, 1.82) is 0 Å². The van der Waals surface area contributed by atoms with Crippen LogP contribution in [0.4, 0.5) is 0 Å². The molecular formula is C27H25NO4. The summed E-state index contributed by atoms with van der Waals surface area (Å²) >= 11 is 0. The normalized spacial score (nSPS) is 14.2. The molecule has 0 spiro atoms. The van der Waals surface area contributed by atoms with Crippen LogP contribution in [0.25, 0.3) is 6.08 Å². The lowest BCUT2D eigenvalue weighted by Crippen LogP contribution is -2.06. The van der Waals surface area contributed by atoms with Crippen LogP contribution >= 0.6 is 0 Å². The van der Waals surface area contributed by atoms with E-state index < -0.39 is 5.97 Å². The van der Waals surface area contributed by atoms with Crippen LogP contribution in [-0.2, 0) is 9.53 Å². The Morgan fingerprint density at radius 2 is 1.59 bits per heavy atom. The predicted octanol–water partition coefficient (Wildman–Crippen LogP) is 5.50. The van der Waals surface area contributed by atoms with E-state index in [9.17, 15) is 4.79 Å². The minimum absolute atomic E-state index is 0.252. The van der Waals surface area contributed by atoms with Crippen LogP contribution in [0.15, 0.2) is 83.5 Å². The first-order valence-corrected chi connectivity index (χ1v) is 10.6. The van der Waals surface area contributed by atoms with E-state index in [1.165, 1.54) is 5.56 Å². The van der Waals surface area contributed by atoms with Gasteiger partial charge in [0.15, 0.2) is 5.70 Å². The van der Waals surface area contributed by atoms with Crippen molar-refractivity contribution in [2.45, 2.75) is 20.3 Å². The van der Waals surface area contributed by atoms with E-state index in [4.69, 9.17) is 14.2 Å². The molecule has 162 valence electrons. The Hall–Kier alpha value is -3.86. The highest BCUT2D eigenvalue weighted by Gasteiger charge is 2.24. The van der Waals surface area contributed by atoms with Gasteiger partial charge in [0.2, 0.25) is 5.90 Å². The maximum absolute atomic E-state index is 12.4. The summed E-state index contributed by atoms with van der Waals surface area (Å²) in [4.78, 5) is 16.7. The molecule has 0 aromatic heterocycles. The van der Waals surface area contributed by atoms with Crippen molar-refractivity contribution >= 4 is 17.9 Å². The average Bonchev–Trinajstić information content (AvgIpc) is 3.17. The van der Waals surface area contributed by atoms with Gasteiger partial charge in [0.05, 0.1) is 13.2 Å². The zero-order valence-electron chi connectivity index (χ0n) is 18.2. The molecule has 5 nitrogen and oxygen atoms in total. The Balaban J connectivity index is 1.41. The van der Waals surface area contributed by atoms with Crippen molar-refractivity contribution in [2.75, 3.05) is 13.2 Å². The standard InChI is InChI=1S/C27H25NO4/c1-19-9-12-23(13-10-19)30-15-6-16-31-25-14-11-20(2)17-22(25)18-24-27(29)32-26(28-24)21-7-4-3-5-8-21/h3-5,7-14,17-18H,6,15-16H2,1-2H3. The third kappa shape index (κ3) is 5.43. The van der Waals surface area contributed by atoms with E-state index in [2.05, 4.69) is 4.99 Å². The first-order chi connectivity index (χ1) is 15.6. The van der Waals surface area contributed by atoms with E-state index in [1.54, 1.807) is 6.08 Å². The van der Waals surface area contributed by atoms with Crippen molar-refractivity contribution in [3.63, 3.8) is 0 Å². The smallest absolute Gasteiger partial charge is 0.363 e. The molecule has 32 heavy (non-hydrogen) atoms. The van der Waals surface area contributed by atoms with Crippen LogP contribution in [-0.4, -0.2) is 25.1 Å². The Morgan fingerprint density at radius 1 is 0.875 bits per heavy atom. The second-order valence-electron chi connectivity index (χ2n) is 7.61. The lowest BCUT2D eigenvalue weighted by Gasteiger charge is -2.11. The van der Waals surface area contributed by atoms with Gasteiger partial charge in [-0.3, -0.25) is 0 Å². The minimum atomic E-state index is -0.470. The van der Waals surface area contributed by atoms with Gasteiger partial charge < -0.3 is 14.2 Å². The lowest BCUT2D eigenvalue weighted by molar-refractivity contribution is -0.129. The number of rotatable bonds is 8. The Morgan fingerprint density at radius 3 is 2.38 bits per heavy atom. The van der Waals surface area contributed by atoms with E-state index in [-0.39, 0.29) is 5.70 Å². The molecule has 0 saturated heterocycles. The number of aryl methyl sites for hydroxylation is 2. The molecule has 0 radical (unpaired) electrons. The highest BCUT2D eigenvalue weighted by molar-refractivity contribution is 6.12. The first kappa shape index (κ1) is 21.4. The number of ether oxygens (including phenoxy) is 3. The molecule has 1 heterocycles. The second kappa shape index (κ2) is 9.96. The van der Waals surface area contributed by atoms with E-state index in [1.807, 2.05) is 86.6 Å². The van der Waals surface area contributed by atoms with Gasteiger partial charge in [-0.15, -0.1) is 0 Å². The molecule has 0 unspecified atom stereocenters. The molecule has 0 amide bonds. The van der Waals surface area contributed by atoms with Gasteiger partial charge in [0.25, 0.3) is 0 Å². The third-order valence-electron chi connectivity index (χ3n) is 4.93. The van der Waals surface area contributed by atoms with Crippen LogP contribution in [0.5, 0.6) is 11.5 Å². The van der Waals surface area contributed by atoms with Gasteiger partial charge in [0, 0.05) is 17.5 Å². The predicted molar refractivity (Wildman–Crippen MR) is 125 cm³/mol. The number of carbonyl (C=O) groups is 1. The summed E-state index contributed by atoms with van der Waals surface area (Å²) in [5, 5.41) is 0. The van der Waals surface area contributed by atoms with Crippen molar-refractivity contribution in [2.24, 2.45) is 4.99 Å². The fourth-order valence-corrected chi connectivity index (χ4v) is 3.24. The maximum atomic E-state index is 12.4. The van der Waals surface area contributed by atoms with Crippen LogP contribution < -0.4 is 9.47 Å². The van der Waals surface area contributed by atoms with Gasteiger partial charge in [-0.2, -0.15) is 0 Å². The number of cyclic esters (lactones) is 1. The fourth-order valence-electron chi connectivity index (χ4n) is 3.24. The SMILES string of the molecule is Cc1ccc(OCCCOc2ccc(C)cc2C=C2N=C(c3ccccc3)OC2=O)cc1. The molecule has 0 fully saturated rings. The molecule has 3 aromatic carbocycles. The molecule has 0 bridgehead atoms. The molecule has 5 heteroatoms. The Bertz CT molecular complexity index is 1150. The van der Waals surface area contributed by atoms with Gasteiger partial charge in [-0.1, -0.05) is 47.5 Å². The van der Waals surface area contributed by atoms with Crippen LogP contribution in [0.2, 0.25) is 0 Å². The molecule has 1 aliphatic heterocycles. The minimum Gasteiger partial charge on any atom is -0.493 e. The third-order valence-corrected chi connectivity index (χ3v) is 4.93. The van der Waals surface area contributed by atoms with Gasteiger partial charge in [-0.05, 0) is 56.3 Å². The van der Waals surface area contributed by atoms with Gasteiger partial charge in [0.1, 0.15) is 11.5 Å². The lowest BCUT2D eigenvalue weighted by atomic mass is 10.1. The molecule has 4 rings (SSSR count). The summed E-state index contributed by atoms with van der Waals surface area (Å²) in [6.07, 6.45) is 2.44. The zero-order valence-corrected chi connectivity index (χ0v) is 18.2. The van der Waals surface area contributed by atoms with E-state index in [0.29, 0.717) is 24.9 Å². The number of nitrogens with zero attached hydrogens (tertiary/aromatic N) is 1. The molecule has 3 aromatic rings. The maximum Gasteiger partial charge on any atom is 0.363 e. The Labute approximate surface area is 188 Å². The van der Waals surface area contributed by atoms with E-state index >= 15 is 0 Å². The zero-order chi connectivity index (χ0) is 22.3. The highest BCUT2D eigenvalue weighted by atomic mass is 16.6. The monoisotopic (exact) mass is 427 g/mol. The first-order valence-electron chi connectivity index (χ1n) is 10.6. The second-order valence-corrected chi connectivity index (χ2v) is 7.61. The summed E-state index contributed by atoms with van der Waals surface area (Å²) in [5.41, 5.74) is 4.06. The van der Waals surface area contributed by atoms with Crippen molar-refractivity contribution in [1.82, 2.24) is 0 Å². The van der Waals surface area contributed by atoms with Crippen LogP contribution in [0, 0.1) is 13.8 Å². The molecule has 0 aliphatic carbocycles. The summed E-state index contributed by atoms with van der Waals surface area (Å²) < 4.78 is 17.1. The summed E-state index contributed by atoms with van der Waals surface area (Å²) in [6, 6.07) is 23.2.